The molecule has 0 saturated carbocycles. The maximum Gasteiger partial charge on any atom is 0.322 e. The van der Waals surface area contributed by atoms with Crippen LogP contribution in [0, 0.1) is 13.8 Å². The summed E-state index contributed by atoms with van der Waals surface area (Å²) in [6.45, 7) is 3.73. The summed E-state index contributed by atoms with van der Waals surface area (Å²) in [7, 11) is -3.61. The highest BCUT2D eigenvalue weighted by Gasteiger charge is 2.13. The van der Waals surface area contributed by atoms with Crippen molar-refractivity contribution >= 4 is 15.7 Å². The molecule has 0 fully saturated rings. The molecule has 2 aromatic carbocycles. The van der Waals surface area contributed by atoms with Gasteiger partial charge in [-0.1, -0.05) is 18.2 Å². The average molecular weight is 355 g/mol. The molecule has 0 amide bonds. The third-order valence-electron chi connectivity index (χ3n) is 3.33. The second-order valence-corrected chi connectivity index (χ2v) is 7.16. The van der Waals surface area contributed by atoms with Crippen molar-refractivity contribution in [2.75, 3.05) is 4.72 Å². The van der Waals surface area contributed by atoms with Crippen LogP contribution in [0.25, 0.3) is 0 Å². The predicted octanol–water partition coefficient (Wildman–Crippen LogP) is 3.69. The Bertz CT molecular complexity index is 952. The molecule has 0 unspecified atom stereocenters. The summed E-state index contributed by atoms with van der Waals surface area (Å²) >= 11 is 0. The van der Waals surface area contributed by atoms with E-state index in [0.29, 0.717) is 11.4 Å². The lowest BCUT2D eigenvalue weighted by Gasteiger charge is -2.09. The van der Waals surface area contributed by atoms with E-state index in [1.807, 2.05) is 19.9 Å². The largest absolute Gasteiger partial charge is 0.424 e. The van der Waals surface area contributed by atoms with Gasteiger partial charge in [0.2, 0.25) is 0 Å². The van der Waals surface area contributed by atoms with Crippen molar-refractivity contribution in [3.05, 3.63) is 72.1 Å². The van der Waals surface area contributed by atoms with Gasteiger partial charge in [0.15, 0.2) is 0 Å². The first-order valence-corrected chi connectivity index (χ1v) is 9.09. The number of nitrogens with zero attached hydrogens (tertiary/aromatic N) is 2. The van der Waals surface area contributed by atoms with Gasteiger partial charge in [0.1, 0.15) is 5.75 Å². The fourth-order valence-corrected chi connectivity index (χ4v) is 3.33. The molecule has 0 aliphatic heterocycles. The SMILES string of the molecule is Cc1cc(C)nc(Oc2ccc(NS(=O)(=O)c3ccccc3)cc2)n1. The summed E-state index contributed by atoms with van der Waals surface area (Å²) in [4.78, 5) is 8.62. The zero-order valence-corrected chi connectivity index (χ0v) is 14.6. The van der Waals surface area contributed by atoms with Crippen LogP contribution in [-0.2, 0) is 10.0 Å². The summed E-state index contributed by atoms with van der Waals surface area (Å²) in [6, 6.07) is 16.9. The Morgan fingerprint density at radius 1 is 0.880 bits per heavy atom. The molecule has 25 heavy (non-hydrogen) atoms. The van der Waals surface area contributed by atoms with Crippen LogP contribution in [0.1, 0.15) is 11.4 Å². The quantitative estimate of drug-likeness (QED) is 0.755. The van der Waals surface area contributed by atoms with Crippen LogP contribution >= 0.6 is 0 Å². The van der Waals surface area contributed by atoms with Crippen molar-refractivity contribution in [2.24, 2.45) is 0 Å². The van der Waals surface area contributed by atoms with E-state index >= 15 is 0 Å². The lowest BCUT2D eigenvalue weighted by molar-refractivity contribution is 0.439. The molecule has 0 bridgehead atoms. The maximum absolute atomic E-state index is 12.3. The fourth-order valence-electron chi connectivity index (χ4n) is 2.25. The molecule has 0 atom stereocenters. The number of ether oxygens (including phenoxy) is 1. The molecule has 0 aliphatic rings. The summed E-state index contributed by atoms with van der Waals surface area (Å²) in [5.74, 6) is 0.521. The maximum atomic E-state index is 12.3. The smallest absolute Gasteiger partial charge is 0.322 e. The molecule has 3 rings (SSSR count). The van der Waals surface area contributed by atoms with Crippen LogP contribution in [0.5, 0.6) is 11.8 Å². The fraction of sp³-hybridized carbons (Fsp3) is 0.111. The van der Waals surface area contributed by atoms with E-state index in [1.165, 1.54) is 12.1 Å². The van der Waals surface area contributed by atoms with Gasteiger partial charge in [-0.2, -0.15) is 0 Å². The Morgan fingerprint density at radius 3 is 2.08 bits per heavy atom. The zero-order chi connectivity index (χ0) is 17.9. The third kappa shape index (κ3) is 4.33. The number of aromatic nitrogens is 2. The van der Waals surface area contributed by atoms with E-state index in [9.17, 15) is 8.42 Å². The van der Waals surface area contributed by atoms with Gasteiger partial charge in [0.05, 0.1) is 4.90 Å². The second-order valence-electron chi connectivity index (χ2n) is 5.48. The number of hydrogen-bond donors (Lipinski definition) is 1. The number of hydrogen-bond acceptors (Lipinski definition) is 5. The third-order valence-corrected chi connectivity index (χ3v) is 4.73. The lowest BCUT2D eigenvalue weighted by Crippen LogP contribution is -2.12. The normalized spacial score (nSPS) is 11.1. The van der Waals surface area contributed by atoms with Gasteiger partial charge in [0, 0.05) is 17.1 Å². The lowest BCUT2D eigenvalue weighted by atomic mass is 10.3. The van der Waals surface area contributed by atoms with Crippen molar-refractivity contribution in [3.63, 3.8) is 0 Å². The molecule has 0 spiro atoms. The van der Waals surface area contributed by atoms with E-state index in [1.54, 1.807) is 42.5 Å². The predicted molar refractivity (Wildman–Crippen MR) is 95.3 cm³/mol. The number of anilines is 1. The average Bonchev–Trinajstić information content (AvgIpc) is 2.56. The first kappa shape index (κ1) is 16.9. The molecule has 7 heteroatoms. The van der Waals surface area contributed by atoms with Gasteiger partial charge in [-0.05, 0) is 56.3 Å². The first-order chi connectivity index (χ1) is 11.9. The van der Waals surface area contributed by atoms with Gasteiger partial charge in [-0.3, -0.25) is 4.72 Å². The topological polar surface area (TPSA) is 81.2 Å². The molecule has 1 heterocycles. The van der Waals surface area contributed by atoms with Gasteiger partial charge in [0.25, 0.3) is 10.0 Å². The molecular weight excluding hydrogens is 338 g/mol. The van der Waals surface area contributed by atoms with Gasteiger partial charge >= 0.3 is 6.01 Å². The molecular formula is C18H17N3O3S. The molecule has 0 saturated heterocycles. The molecule has 1 aromatic heterocycles. The van der Waals surface area contributed by atoms with Gasteiger partial charge in [-0.25, -0.2) is 18.4 Å². The number of sulfonamides is 1. The Labute approximate surface area is 146 Å². The van der Waals surface area contributed by atoms with E-state index in [4.69, 9.17) is 4.74 Å². The zero-order valence-electron chi connectivity index (χ0n) is 13.8. The van der Waals surface area contributed by atoms with Crippen LogP contribution in [0.4, 0.5) is 5.69 Å². The minimum Gasteiger partial charge on any atom is -0.424 e. The Kier molecular flexibility index (Phi) is 4.67. The Balaban J connectivity index is 1.74. The van der Waals surface area contributed by atoms with Crippen molar-refractivity contribution in [1.82, 2.24) is 9.97 Å². The minimum absolute atomic E-state index is 0.207. The summed E-state index contributed by atoms with van der Waals surface area (Å²) < 4.78 is 32.7. The van der Waals surface area contributed by atoms with Crippen LogP contribution < -0.4 is 9.46 Å². The number of rotatable bonds is 5. The molecule has 0 radical (unpaired) electrons. The van der Waals surface area contributed by atoms with Crippen LogP contribution in [0.15, 0.2) is 65.6 Å². The Hall–Kier alpha value is -2.93. The second kappa shape index (κ2) is 6.90. The highest BCUT2D eigenvalue weighted by atomic mass is 32.2. The highest BCUT2D eigenvalue weighted by molar-refractivity contribution is 7.92. The molecule has 1 N–H and O–H groups in total. The summed E-state index contributed by atoms with van der Waals surface area (Å²) in [5, 5.41) is 0. The minimum atomic E-state index is -3.61. The van der Waals surface area contributed by atoms with E-state index in [0.717, 1.165) is 11.4 Å². The van der Waals surface area contributed by atoms with Crippen molar-refractivity contribution in [3.8, 4) is 11.8 Å². The van der Waals surface area contributed by atoms with E-state index in [-0.39, 0.29) is 10.9 Å². The van der Waals surface area contributed by atoms with Crippen molar-refractivity contribution < 1.29 is 13.2 Å². The Morgan fingerprint density at radius 2 is 1.48 bits per heavy atom. The van der Waals surface area contributed by atoms with Crippen molar-refractivity contribution in [2.45, 2.75) is 18.7 Å². The molecule has 6 nitrogen and oxygen atoms in total. The standard InChI is InChI=1S/C18H17N3O3S/c1-13-12-14(2)20-18(19-13)24-16-10-8-15(9-11-16)21-25(22,23)17-6-4-3-5-7-17/h3-12,21H,1-2H3. The van der Waals surface area contributed by atoms with Crippen LogP contribution in [0.2, 0.25) is 0 Å². The summed E-state index contributed by atoms with van der Waals surface area (Å²) in [6.07, 6.45) is 0. The molecule has 3 aromatic rings. The van der Waals surface area contributed by atoms with Crippen molar-refractivity contribution in [1.29, 1.82) is 0 Å². The van der Waals surface area contributed by atoms with Gasteiger partial charge in [-0.15, -0.1) is 0 Å². The first-order valence-electron chi connectivity index (χ1n) is 7.60. The number of nitrogens with one attached hydrogen (secondary N) is 1. The monoisotopic (exact) mass is 355 g/mol. The molecule has 128 valence electrons. The summed E-state index contributed by atoms with van der Waals surface area (Å²) in [5.41, 5.74) is 2.07. The van der Waals surface area contributed by atoms with Crippen LogP contribution in [-0.4, -0.2) is 18.4 Å². The van der Waals surface area contributed by atoms with Gasteiger partial charge < -0.3 is 4.74 Å². The highest BCUT2D eigenvalue weighted by Crippen LogP contribution is 2.22. The molecule has 0 aliphatic carbocycles. The number of benzene rings is 2. The number of aryl methyl sites for hydroxylation is 2. The van der Waals surface area contributed by atoms with E-state index < -0.39 is 10.0 Å². The van der Waals surface area contributed by atoms with E-state index in [2.05, 4.69) is 14.7 Å². The van der Waals surface area contributed by atoms with Crippen LogP contribution in [0.3, 0.4) is 0 Å².